The maximum atomic E-state index is 13.5. The molecule has 0 aliphatic carbocycles. The number of fused-ring (bicyclic) bond motifs is 2. The molecule has 35 heavy (non-hydrogen) atoms. The predicted octanol–water partition coefficient (Wildman–Crippen LogP) is 3.71. The molecular formula is C28H25N5O2. The molecule has 5 aromatic rings. The molecule has 2 N–H and O–H groups in total. The topological polar surface area (TPSA) is 92.2 Å². The number of hydrogen-bond donors (Lipinski definition) is 2. The van der Waals surface area contributed by atoms with Gasteiger partial charge in [0, 0.05) is 18.4 Å². The molecule has 0 saturated heterocycles. The van der Waals surface area contributed by atoms with Crippen molar-refractivity contribution in [1.82, 2.24) is 19.3 Å². The van der Waals surface area contributed by atoms with Gasteiger partial charge in [-0.15, -0.1) is 0 Å². The number of carbonyl (C=O) groups excluding carboxylic acids is 1. The van der Waals surface area contributed by atoms with Crippen LogP contribution in [0.3, 0.4) is 0 Å². The van der Waals surface area contributed by atoms with Crippen LogP contribution in [-0.2, 0) is 6.42 Å². The van der Waals surface area contributed by atoms with Crippen molar-refractivity contribution < 1.29 is 4.79 Å². The summed E-state index contributed by atoms with van der Waals surface area (Å²) in [4.78, 5) is 31.4. The molecule has 7 heteroatoms. The molecule has 0 radical (unpaired) electrons. The lowest BCUT2D eigenvalue weighted by Gasteiger charge is -2.15. The van der Waals surface area contributed by atoms with Gasteiger partial charge in [0.2, 0.25) is 0 Å². The first-order valence-electron chi connectivity index (χ1n) is 11.4. The van der Waals surface area contributed by atoms with Crippen LogP contribution in [0.25, 0.3) is 22.4 Å². The number of carbonyl (C=O) groups is 1. The maximum absolute atomic E-state index is 13.5. The second kappa shape index (κ2) is 9.02. The van der Waals surface area contributed by atoms with Gasteiger partial charge in [0.25, 0.3) is 11.5 Å². The maximum Gasteiger partial charge on any atom is 0.267 e. The molecule has 3 aromatic heterocycles. The highest BCUT2D eigenvalue weighted by atomic mass is 16.1. The van der Waals surface area contributed by atoms with Crippen molar-refractivity contribution in [2.24, 2.45) is 0 Å². The smallest absolute Gasteiger partial charge is 0.267 e. The highest BCUT2D eigenvalue weighted by Crippen LogP contribution is 2.16. The predicted molar refractivity (Wildman–Crippen MR) is 136 cm³/mol. The Morgan fingerprint density at radius 3 is 2.43 bits per heavy atom. The van der Waals surface area contributed by atoms with Gasteiger partial charge in [0.15, 0.2) is 5.65 Å². The van der Waals surface area contributed by atoms with Crippen LogP contribution in [0.2, 0.25) is 0 Å². The SMILES string of the molecule is Cc1ccc(-n2c(=N)c(C(=O)NCCc3ccccc3)cc3c(=O)n4cc(C)ccc4nc32)cc1. The molecule has 0 aliphatic rings. The van der Waals surface area contributed by atoms with Crippen LogP contribution in [0.4, 0.5) is 0 Å². The molecule has 0 aliphatic heterocycles. The van der Waals surface area contributed by atoms with E-state index in [-0.39, 0.29) is 22.0 Å². The van der Waals surface area contributed by atoms with E-state index in [0.717, 1.165) is 16.7 Å². The molecule has 174 valence electrons. The highest BCUT2D eigenvalue weighted by Gasteiger charge is 2.18. The van der Waals surface area contributed by atoms with Crippen LogP contribution >= 0.6 is 0 Å². The molecule has 2 aromatic carbocycles. The van der Waals surface area contributed by atoms with Gasteiger partial charge in [-0.25, -0.2) is 4.98 Å². The van der Waals surface area contributed by atoms with Gasteiger partial charge in [-0.3, -0.25) is 24.0 Å². The summed E-state index contributed by atoms with van der Waals surface area (Å²) in [5.74, 6) is -0.401. The van der Waals surface area contributed by atoms with Gasteiger partial charge < -0.3 is 5.32 Å². The zero-order valence-corrected chi connectivity index (χ0v) is 19.6. The van der Waals surface area contributed by atoms with E-state index in [0.29, 0.717) is 29.9 Å². The summed E-state index contributed by atoms with van der Waals surface area (Å²) in [5.41, 5.74) is 4.39. The van der Waals surface area contributed by atoms with Crippen molar-refractivity contribution in [1.29, 1.82) is 5.41 Å². The van der Waals surface area contributed by atoms with E-state index in [1.165, 1.54) is 10.5 Å². The Bertz CT molecular complexity index is 1680. The summed E-state index contributed by atoms with van der Waals surface area (Å²) in [7, 11) is 0. The van der Waals surface area contributed by atoms with Crippen LogP contribution < -0.4 is 16.4 Å². The molecule has 0 spiro atoms. The molecule has 0 atom stereocenters. The number of amides is 1. The van der Waals surface area contributed by atoms with Crippen LogP contribution in [-0.4, -0.2) is 26.4 Å². The summed E-state index contributed by atoms with van der Waals surface area (Å²) in [6.07, 6.45) is 2.40. The van der Waals surface area contributed by atoms with Gasteiger partial charge >= 0.3 is 0 Å². The fraction of sp³-hybridized carbons (Fsp3) is 0.143. The first-order valence-corrected chi connectivity index (χ1v) is 11.4. The Morgan fingerprint density at radius 2 is 1.69 bits per heavy atom. The lowest BCUT2D eigenvalue weighted by atomic mass is 10.1. The number of nitrogens with one attached hydrogen (secondary N) is 2. The lowest BCUT2D eigenvalue weighted by Crippen LogP contribution is -2.35. The average Bonchev–Trinajstić information content (AvgIpc) is 2.86. The zero-order chi connectivity index (χ0) is 24.5. The van der Waals surface area contributed by atoms with Crippen LogP contribution in [0.1, 0.15) is 27.0 Å². The third-order valence-electron chi connectivity index (χ3n) is 6.04. The number of rotatable bonds is 5. The minimum atomic E-state index is -0.401. The summed E-state index contributed by atoms with van der Waals surface area (Å²) in [6, 6.07) is 22.6. The van der Waals surface area contributed by atoms with E-state index in [4.69, 9.17) is 10.4 Å². The van der Waals surface area contributed by atoms with E-state index < -0.39 is 5.91 Å². The number of aromatic nitrogens is 3. The summed E-state index contributed by atoms with van der Waals surface area (Å²) in [6.45, 7) is 4.30. The molecule has 0 bridgehead atoms. The van der Waals surface area contributed by atoms with Gasteiger partial charge in [-0.2, -0.15) is 0 Å². The van der Waals surface area contributed by atoms with Crippen molar-refractivity contribution in [3.63, 3.8) is 0 Å². The molecular weight excluding hydrogens is 438 g/mol. The van der Waals surface area contributed by atoms with E-state index in [9.17, 15) is 9.59 Å². The van der Waals surface area contributed by atoms with E-state index in [1.807, 2.05) is 74.5 Å². The molecule has 0 unspecified atom stereocenters. The molecule has 0 fully saturated rings. The van der Waals surface area contributed by atoms with E-state index in [2.05, 4.69) is 5.32 Å². The Balaban J connectivity index is 1.67. The molecule has 5 rings (SSSR count). The standard InChI is InChI=1S/C28H25N5O2/c1-18-8-11-21(12-9-18)33-25(29)22(27(34)30-15-14-20-6-4-3-5-7-20)16-23-26(33)31-24-13-10-19(2)17-32(24)28(23)35/h3-13,16-17,29H,14-15H2,1-2H3,(H,30,34). The Hall–Kier alpha value is -4.52. The Kier molecular flexibility index (Phi) is 5.74. The van der Waals surface area contributed by atoms with Crippen LogP contribution in [0, 0.1) is 19.3 Å². The minimum Gasteiger partial charge on any atom is -0.352 e. The Labute approximate surface area is 201 Å². The second-order valence-corrected chi connectivity index (χ2v) is 8.66. The van der Waals surface area contributed by atoms with Crippen LogP contribution in [0.5, 0.6) is 0 Å². The van der Waals surface area contributed by atoms with Gasteiger partial charge in [0.1, 0.15) is 11.1 Å². The third-order valence-corrected chi connectivity index (χ3v) is 6.04. The summed E-state index contributed by atoms with van der Waals surface area (Å²) >= 11 is 0. The molecule has 0 saturated carbocycles. The number of benzene rings is 2. The van der Waals surface area contributed by atoms with Crippen molar-refractivity contribution in [2.45, 2.75) is 20.3 Å². The second-order valence-electron chi connectivity index (χ2n) is 8.66. The number of hydrogen-bond acceptors (Lipinski definition) is 4. The van der Waals surface area contributed by atoms with Gasteiger partial charge in [-0.1, -0.05) is 54.1 Å². The first kappa shape index (κ1) is 22.3. The molecule has 7 nitrogen and oxygen atoms in total. The minimum absolute atomic E-state index is 0.0260. The lowest BCUT2D eigenvalue weighted by molar-refractivity contribution is 0.0952. The van der Waals surface area contributed by atoms with Crippen molar-refractivity contribution in [3.8, 4) is 5.69 Å². The monoisotopic (exact) mass is 463 g/mol. The number of aryl methyl sites for hydroxylation is 2. The largest absolute Gasteiger partial charge is 0.352 e. The fourth-order valence-corrected chi connectivity index (χ4v) is 4.16. The molecule has 1 amide bonds. The average molecular weight is 464 g/mol. The van der Waals surface area contributed by atoms with Crippen molar-refractivity contribution >= 4 is 22.6 Å². The van der Waals surface area contributed by atoms with Gasteiger partial charge in [-0.05, 0) is 55.7 Å². The van der Waals surface area contributed by atoms with E-state index in [1.54, 1.807) is 16.8 Å². The first-order chi connectivity index (χ1) is 16.9. The Morgan fingerprint density at radius 1 is 0.971 bits per heavy atom. The number of nitrogens with zero attached hydrogens (tertiary/aromatic N) is 3. The normalized spacial score (nSPS) is 11.1. The fourth-order valence-electron chi connectivity index (χ4n) is 4.16. The van der Waals surface area contributed by atoms with Crippen molar-refractivity contribution in [2.75, 3.05) is 6.54 Å². The van der Waals surface area contributed by atoms with Crippen molar-refractivity contribution in [3.05, 3.63) is 117 Å². The van der Waals surface area contributed by atoms with Crippen LogP contribution in [0.15, 0.2) is 83.8 Å². The summed E-state index contributed by atoms with van der Waals surface area (Å²) in [5, 5.41) is 12.1. The zero-order valence-electron chi connectivity index (χ0n) is 19.6. The quantitative estimate of drug-likeness (QED) is 0.389. The highest BCUT2D eigenvalue weighted by molar-refractivity contribution is 5.97. The number of pyridine rings is 2. The molecule has 3 heterocycles. The van der Waals surface area contributed by atoms with E-state index >= 15 is 0 Å². The summed E-state index contributed by atoms with van der Waals surface area (Å²) < 4.78 is 3.06. The van der Waals surface area contributed by atoms with Gasteiger partial charge in [0.05, 0.1) is 10.9 Å². The third kappa shape index (κ3) is 4.24.